The predicted octanol–water partition coefficient (Wildman–Crippen LogP) is 3.18. The van der Waals surface area contributed by atoms with E-state index in [2.05, 4.69) is 5.32 Å². The molecule has 21 heavy (non-hydrogen) atoms. The van der Waals surface area contributed by atoms with Crippen molar-refractivity contribution in [2.75, 3.05) is 32.2 Å². The molecule has 120 valence electrons. The van der Waals surface area contributed by atoms with Crippen LogP contribution in [-0.2, 0) is 11.3 Å². The summed E-state index contributed by atoms with van der Waals surface area (Å²) in [5.74, 6) is -0.730. The van der Waals surface area contributed by atoms with Gasteiger partial charge in [-0.1, -0.05) is 13.8 Å². The summed E-state index contributed by atoms with van der Waals surface area (Å²) in [5, 5.41) is 3.07. The van der Waals surface area contributed by atoms with Gasteiger partial charge in [-0.3, -0.25) is 0 Å². The lowest BCUT2D eigenvalue weighted by Crippen LogP contribution is -2.34. The summed E-state index contributed by atoms with van der Waals surface area (Å²) in [6.07, 6.45) is 0. The average Bonchev–Trinajstić information content (AvgIpc) is 2.41. The van der Waals surface area contributed by atoms with E-state index >= 15 is 0 Å². The monoisotopic (exact) mass is 300 g/mol. The van der Waals surface area contributed by atoms with Crippen LogP contribution in [0.5, 0.6) is 0 Å². The minimum Gasteiger partial charge on any atom is -0.383 e. The molecule has 0 bridgehead atoms. The molecule has 1 atom stereocenters. The number of benzene rings is 1. The lowest BCUT2D eigenvalue weighted by atomic mass is 10.0. The smallest absolute Gasteiger partial charge is 0.149 e. The third-order valence-corrected chi connectivity index (χ3v) is 3.82. The van der Waals surface area contributed by atoms with Crippen molar-refractivity contribution in [2.45, 2.75) is 33.4 Å². The molecule has 0 aromatic heterocycles. The number of halogens is 2. The molecule has 1 N–H and O–H groups in total. The quantitative estimate of drug-likeness (QED) is 0.746. The Morgan fingerprint density at radius 2 is 1.76 bits per heavy atom. The molecule has 0 saturated carbocycles. The Kier molecular flexibility index (Phi) is 7.05. The Morgan fingerprint density at radius 1 is 1.19 bits per heavy atom. The zero-order chi connectivity index (χ0) is 16.0. The standard InChI is InChI=1S/C16H26F2N2O/c1-11(2)12(3)20(4)16-14(17)8-13(9-15(16)18)10-19-6-7-21-5/h8-9,11-12,19H,6-7,10H2,1-5H3. The molecule has 0 aliphatic rings. The van der Waals surface area contributed by atoms with Crippen molar-refractivity contribution in [1.82, 2.24) is 5.32 Å². The first-order valence-corrected chi connectivity index (χ1v) is 7.28. The Bertz CT molecular complexity index is 429. The zero-order valence-corrected chi connectivity index (χ0v) is 13.5. The van der Waals surface area contributed by atoms with E-state index in [1.807, 2.05) is 20.8 Å². The van der Waals surface area contributed by atoms with Gasteiger partial charge in [-0.15, -0.1) is 0 Å². The summed E-state index contributed by atoms with van der Waals surface area (Å²) in [7, 11) is 3.34. The van der Waals surface area contributed by atoms with Gasteiger partial charge < -0.3 is 15.0 Å². The molecule has 3 nitrogen and oxygen atoms in total. The van der Waals surface area contributed by atoms with Crippen molar-refractivity contribution < 1.29 is 13.5 Å². The zero-order valence-electron chi connectivity index (χ0n) is 13.5. The summed E-state index contributed by atoms with van der Waals surface area (Å²) >= 11 is 0. The van der Waals surface area contributed by atoms with Gasteiger partial charge in [0.25, 0.3) is 0 Å². The highest BCUT2D eigenvalue weighted by molar-refractivity contribution is 5.51. The van der Waals surface area contributed by atoms with Crippen LogP contribution in [0.15, 0.2) is 12.1 Å². The summed E-state index contributed by atoms with van der Waals surface area (Å²) in [6, 6.07) is 2.84. The maximum Gasteiger partial charge on any atom is 0.149 e. The normalized spacial score (nSPS) is 12.8. The predicted molar refractivity (Wildman–Crippen MR) is 82.6 cm³/mol. The van der Waals surface area contributed by atoms with Crippen molar-refractivity contribution in [1.29, 1.82) is 0 Å². The Hall–Kier alpha value is -1.20. The molecule has 0 spiro atoms. The minimum atomic E-state index is -0.520. The molecular weight excluding hydrogens is 274 g/mol. The van der Waals surface area contributed by atoms with Crippen LogP contribution in [0.1, 0.15) is 26.3 Å². The van der Waals surface area contributed by atoms with Gasteiger partial charge in [-0.25, -0.2) is 8.78 Å². The molecule has 1 unspecified atom stereocenters. The van der Waals surface area contributed by atoms with E-state index in [9.17, 15) is 8.78 Å². The van der Waals surface area contributed by atoms with Crippen LogP contribution in [0.3, 0.4) is 0 Å². The summed E-state index contributed by atoms with van der Waals surface area (Å²) in [5.41, 5.74) is 0.632. The van der Waals surface area contributed by atoms with Crippen LogP contribution in [0.25, 0.3) is 0 Å². The number of rotatable bonds is 8. The fourth-order valence-corrected chi connectivity index (χ4v) is 2.11. The molecule has 0 amide bonds. The molecule has 0 radical (unpaired) electrons. The molecule has 0 heterocycles. The minimum absolute atomic E-state index is 0.0387. The molecule has 1 aromatic carbocycles. The van der Waals surface area contributed by atoms with Crippen molar-refractivity contribution in [3.63, 3.8) is 0 Å². The Morgan fingerprint density at radius 3 is 2.24 bits per heavy atom. The number of hydrogen-bond acceptors (Lipinski definition) is 3. The molecule has 5 heteroatoms. The number of anilines is 1. The maximum atomic E-state index is 14.2. The van der Waals surface area contributed by atoms with Gasteiger partial charge in [0.1, 0.15) is 17.3 Å². The van der Waals surface area contributed by atoms with Crippen LogP contribution >= 0.6 is 0 Å². The van der Waals surface area contributed by atoms with Crippen molar-refractivity contribution in [3.8, 4) is 0 Å². The molecule has 1 rings (SSSR count). The van der Waals surface area contributed by atoms with E-state index in [4.69, 9.17) is 4.74 Å². The van der Waals surface area contributed by atoms with Gasteiger partial charge >= 0.3 is 0 Å². The van der Waals surface area contributed by atoms with Crippen LogP contribution < -0.4 is 10.2 Å². The molecule has 0 fully saturated rings. The largest absolute Gasteiger partial charge is 0.383 e. The molecule has 0 aliphatic heterocycles. The van der Waals surface area contributed by atoms with Gasteiger partial charge in [0.05, 0.1) is 6.61 Å². The van der Waals surface area contributed by atoms with Crippen LogP contribution in [0.4, 0.5) is 14.5 Å². The van der Waals surface area contributed by atoms with E-state index in [1.165, 1.54) is 12.1 Å². The SMILES string of the molecule is COCCNCc1cc(F)c(N(C)C(C)C(C)C)c(F)c1. The van der Waals surface area contributed by atoms with Crippen LogP contribution in [0.2, 0.25) is 0 Å². The Balaban J connectivity index is 2.84. The van der Waals surface area contributed by atoms with E-state index in [0.29, 0.717) is 31.2 Å². The van der Waals surface area contributed by atoms with Gasteiger partial charge in [-0.2, -0.15) is 0 Å². The lowest BCUT2D eigenvalue weighted by Gasteiger charge is -2.30. The second-order valence-corrected chi connectivity index (χ2v) is 5.67. The maximum absolute atomic E-state index is 14.2. The van der Waals surface area contributed by atoms with E-state index in [0.717, 1.165) is 0 Å². The summed E-state index contributed by atoms with van der Waals surface area (Å²) < 4.78 is 33.4. The highest BCUT2D eigenvalue weighted by Crippen LogP contribution is 2.27. The van der Waals surface area contributed by atoms with Crippen LogP contribution in [0, 0.1) is 17.6 Å². The summed E-state index contributed by atoms with van der Waals surface area (Å²) in [6.45, 7) is 7.66. The van der Waals surface area contributed by atoms with Gasteiger partial charge in [-0.05, 0) is 30.5 Å². The molecular formula is C16H26F2N2O. The van der Waals surface area contributed by atoms with Crippen molar-refractivity contribution >= 4 is 5.69 Å². The molecule has 1 aromatic rings. The molecule has 0 aliphatic carbocycles. The molecule has 0 saturated heterocycles. The topological polar surface area (TPSA) is 24.5 Å². The average molecular weight is 300 g/mol. The first-order chi connectivity index (χ1) is 9.88. The third kappa shape index (κ3) is 4.93. The highest BCUT2D eigenvalue weighted by atomic mass is 19.1. The fraction of sp³-hybridized carbons (Fsp3) is 0.625. The Labute approximate surface area is 126 Å². The van der Waals surface area contributed by atoms with Gasteiger partial charge in [0.15, 0.2) is 0 Å². The van der Waals surface area contributed by atoms with Crippen molar-refractivity contribution in [2.24, 2.45) is 5.92 Å². The number of nitrogens with one attached hydrogen (secondary N) is 1. The first kappa shape index (κ1) is 17.9. The summed E-state index contributed by atoms with van der Waals surface area (Å²) in [4.78, 5) is 1.66. The van der Waals surface area contributed by atoms with Crippen molar-refractivity contribution in [3.05, 3.63) is 29.3 Å². The van der Waals surface area contributed by atoms with E-state index < -0.39 is 11.6 Å². The fourth-order valence-electron chi connectivity index (χ4n) is 2.11. The second kappa shape index (κ2) is 8.29. The number of ether oxygens (including phenoxy) is 1. The van der Waals surface area contributed by atoms with Gasteiger partial charge in [0.2, 0.25) is 0 Å². The highest BCUT2D eigenvalue weighted by Gasteiger charge is 2.21. The van der Waals surface area contributed by atoms with Gasteiger partial charge in [0, 0.05) is 33.3 Å². The van der Waals surface area contributed by atoms with Crippen LogP contribution in [-0.4, -0.2) is 33.4 Å². The number of methoxy groups -OCH3 is 1. The number of nitrogens with zero attached hydrogens (tertiary/aromatic N) is 1. The van der Waals surface area contributed by atoms with E-state index in [-0.39, 0.29) is 11.7 Å². The third-order valence-electron chi connectivity index (χ3n) is 3.82. The lowest BCUT2D eigenvalue weighted by molar-refractivity contribution is 0.199. The second-order valence-electron chi connectivity index (χ2n) is 5.67. The first-order valence-electron chi connectivity index (χ1n) is 7.28. The van der Waals surface area contributed by atoms with E-state index in [1.54, 1.807) is 19.1 Å². The number of hydrogen-bond donors (Lipinski definition) is 1.